The summed E-state index contributed by atoms with van der Waals surface area (Å²) < 4.78 is 5.10. The van der Waals surface area contributed by atoms with Gasteiger partial charge in [0, 0.05) is 52.6 Å². The van der Waals surface area contributed by atoms with Gasteiger partial charge in [-0.05, 0) is 24.1 Å². The highest BCUT2D eigenvalue weighted by atomic mass is 16.5. The van der Waals surface area contributed by atoms with Gasteiger partial charge in [-0.1, -0.05) is 36.4 Å². The smallest absolute Gasteiger partial charge is 0.277 e. The van der Waals surface area contributed by atoms with E-state index in [2.05, 4.69) is 14.8 Å². The molecule has 1 aromatic heterocycles. The fourth-order valence-electron chi connectivity index (χ4n) is 3.99. The second-order valence-electron chi connectivity index (χ2n) is 7.36. The van der Waals surface area contributed by atoms with Crippen molar-refractivity contribution in [3.63, 3.8) is 0 Å². The van der Waals surface area contributed by atoms with Crippen molar-refractivity contribution in [1.82, 2.24) is 14.8 Å². The summed E-state index contributed by atoms with van der Waals surface area (Å²) in [5.41, 5.74) is 1.81. The monoisotopic (exact) mass is 406 g/mol. The molecule has 1 aromatic carbocycles. The molecule has 1 saturated heterocycles. The number of ether oxygens (including phenoxy) is 1. The maximum atomic E-state index is 13.3. The van der Waals surface area contributed by atoms with E-state index < -0.39 is 0 Å². The third kappa shape index (κ3) is 3.93. The first-order valence-electron chi connectivity index (χ1n) is 10.3. The summed E-state index contributed by atoms with van der Waals surface area (Å²) in [6, 6.07) is 15.3. The molecule has 0 saturated carbocycles. The van der Waals surface area contributed by atoms with Gasteiger partial charge in [0.25, 0.3) is 11.8 Å². The topological polar surface area (TPSA) is 66.0 Å². The SMILES string of the molecule is COCCCN1C(=O)C(c2ccccc2)=C(N2CCN(c3ccccn3)CC2)C1=O. The maximum absolute atomic E-state index is 13.3. The van der Waals surface area contributed by atoms with Gasteiger partial charge < -0.3 is 14.5 Å². The first kappa shape index (κ1) is 20.1. The van der Waals surface area contributed by atoms with Gasteiger partial charge in [-0.25, -0.2) is 4.98 Å². The lowest BCUT2D eigenvalue weighted by Crippen LogP contribution is -2.48. The number of hydrogen-bond donors (Lipinski definition) is 0. The highest BCUT2D eigenvalue weighted by molar-refractivity contribution is 6.35. The van der Waals surface area contributed by atoms with Crippen LogP contribution >= 0.6 is 0 Å². The van der Waals surface area contributed by atoms with Crippen LogP contribution in [0.5, 0.6) is 0 Å². The van der Waals surface area contributed by atoms with Crippen LogP contribution < -0.4 is 4.90 Å². The minimum absolute atomic E-state index is 0.207. The molecular formula is C23H26N4O3. The van der Waals surface area contributed by atoms with Crippen molar-refractivity contribution >= 4 is 23.2 Å². The molecule has 0 radical (unpaired) electrons. The lowest BCUT2D eigenvalue weighted by atomic mass is 10.0. The van der Waals surface area contributed by atoms with Crippen molar-refractivity contribution in [3.8, 4) is 0 Å². The van der Waals surface area contributed by atoms with Crippen LogP contribution in [-0.4, -0.2) is 73.0 Å². The van der Waals surface area contributed by atoms with E-state index in [4.69, 9.17) is 4.74 Å². The van der Waals surface area contributed by atoms with Crippen molar-refractivity contribution in [3.05, 3.63) is 66.0 Å². The molecule has 0 unspecified atom stereocenters. The molecule has 30 heavy (non-hydrogen) atoms. The number of imide groups is 1. The van der Waals surface area contributed by atoms with E-state index in [9.17, 15) is 9.59 Å². The third-order valence-corrected chi connectivity index (χ3v) is 5.51. The Labute approximate surface area is 176 Å². The fraction of sp³-hybridized carbons (Fsp3) is 0.348. The molecule has 4 rings (SSSR count). The average molecular weight is 406 g/mol. The third-order valence-electron chi connectivity index (χ3n) is 5.51. The van der Waals surface area contributed by atoms with Crippen LogP contribution in [0.2, 0.25) is 0 Å². The number of amides is 2. The Kier molecular flexibility index (Phi) is 6.09. The summed E-state index contributed by atoms with van der Waals surface area (Å²) in [7, 11) is 1.62. The van der Waals surface area contributed by atoms with Crippen molar-refractivity contribution in [2.24, 2.45) is 0 Å². The molecular weight excluding hydrogens is 380 g/mol. The number of carbonyl (C=O) groups excluding carboxylic acids is 2. The number of carbonyl (C=O) groups is 2. The molecule has 7 nitrogen and oxygen atoms in total. The number of nitrogens with zero attached hydrogens (tertiary/aromatic N) is 4. The Morgan fingerprint density at radius 1 is 0.900 bits per heavy atom. The van der Waals surface area contributed by atoms with E-state index in [1.54, 1.807) is 13.3 Å². The molecule has 7 heteroatoms. The van der Waals surface area contributed by atoms with Crippen LogP contribution in [0, 0.1) is 0 Å². The molecule has 2 aliphatic heterocycles. The second-order valence-corrected chi connectivity index (χ2v) is 7.36. The number of piperazine rings is 1. The van der Waals surface area contributed by atoms with Gasteiger partial charge in [-0.3, -0.25) is 14.5 Å². The van der Waals surface area contributed by atoms with Crippen LogP contribution in [0.1, 0.15) is 12.0 Å². The van der Waals surface area contributed by atoms with Crippen molar-refractivity contribution in [1.29, 1.82) is 0 Å². The molecule has 0 atom stereocenters. The zero-order valence-corrected chi connectivity index (χ0v) is 17.2. The van der Waals surface area contributed by atoms with E-state index in [0.29, 0.717) is 43.9 Å². The molecule has 0 N–H and O–H groups in total. The minimum atomic E-state index is -0.218. The molecule has 0 bridgehead atoms. The Morgan fingerprint density at radius 3 is 2.27 bits per heavy atom. The minimum Gasteiger partial charge on any atom is -0.385 e. The standard InChI is InChI=1S/C23H26N4O3/c1-30-17-7-12-27-22(28)20(18-8-3-2-4-9-18)21(23(27)29)26-15-13-25(14-16-26)19-10-5-6-11-24-19/h2-6,8-11H,7,12-17H2,1H3. The Hall–Kier alpha value is -3.19. The van der Waals surface area contributed by atoms with Crippen molar-refractivity contribution in [2.45, 2.75) is 6.42 Å². The van der Waals surface area contributed by atoms with E-state index in [0.717, 1.165) is 24.5 Å². The number of hydrogen-bond acceptors (Lipinski definition) is 6. The molecule has 2 aromatic rings. The summed E-state index contributed by atoms with van der Waals surface area (Å²) in [6.07, 6.45) is 2.41. The lowest BCUT2D eigenvalue weighted by molar-refractivity contribution is -0.137. The predicted octanol–water partition coefficient (Wildman–Crippen LogP) is 2.02. The number of rotatable bonds is 7. The van der Waals surface area contributed by atoms with Crippen LogP contribution in [0.25, 0.3) is 5.57 Å². The van der Waals surface area contributed by atoms with Crippen LogP contribution in [0.15, 0.2) is 60.4 Å². The highest BCUT2D eigenvalue weighted by Gasteiger charge is 2.41. The van der Waals surface area contributed by atoms with E-state index in [1.165, 1.54) is 4.90 Å². The van der Waals surface area contributed by atoms with Gasteiger partial charge in [0.05, 0.1) is 5.57 Å². The highest BCUT2D eigenvalue weighted by Crippen LogP contribution is 2.32. The van der Waals surface area contributed by atoms with E-state index in [-0.39, 0.29) is 11.8 Å². The van der Waals surface area contributed by atoms with Crippen molar-refractivity contribution < 1.29 is 14.3 Å². The number of benzene rings is 1. The molecule has 2 amide bonds. The number of anilines is 1. The normalized spacial score (nSPS) is 17.3. The summed E-state index contributed by atoms with van der Waals surface area (Å²) in [5, 5.41) is 0. The van der Waals surface area contributed by atoms with Gasteiger partial charge in [0.1, 0.15) is 11.5 Å². The lowest BCUT2D eigenvalue weighted by Gasteiger charge is -2.37. The molecule has 2 aliphatic rings. The summed E-state index contributed by atoms with van der Waals surface area (Å²) in [5.74, 6) is 0.509. The first-order chi connectivity index (χ1) is 14.7. The summed E-state index contributed by atoms with van der Waals surface area (Å²) in [4.78, 5) is 36.5. The van der Waals surface area contributed by atoms with Gasteiger partial charge >= 0.3 is 0 Å². The number of methoxy groups -OCH3 is 1. The number of pyridine rings is 1. The zero-order chi connectivity index (χ0) is 20.9. The van der Waals surface area contributed by atoms with Gasteiger partial charge in [-0.15, -0.1) is 0 Å². The maximum Gasteiger partial charge on any atom is 0.277 e. The van der Waals surface area contributed by atoms with Crippen LogP contribution in [0.4, 0.5) is 5.82 Å². The van der Waals surface area contributed by atoms with Gasteiger partial charge in [-0.2, -0.15) is 0 Å². The van der Waals surface area contributed by atoms with Crippen LogP contribution in [-0.2, 0) is 14.3 Å². The summed E-state index contributed by atoms with van der Waals surface area (Å²) >= 11 is 0. The second kappa shape index (κ2) is 9.09. The fourth-order valence-corrected chi connectivity index (χ4v) is 3.99. The van der Waals surface area contributed by atoms with Crippen LogP contribution in [0.3, 0.4) is 0 Å². The predicted molar refractivity (Wildman–Crippen MR) is 115 cm³/mol. The van der Waals surface area contributed by atoms with E-state index in [1.807, 2.05) is 48.5 Å². The first-order valence-corrected chi connectivity index (χ1v) is 10.3. The van der Waals surface area contributed by atoms with E-state index >= 15 is 0 Å². The Morgan fingerprint density at radius 2 is 1.60 bits per heavy atom. The summed E-state index contributed by atoms with van der Waals surface area (Å²) in [6.45, 7) is 3.68. The largest absolute Gasteiger partial charge is 0.385 e. The Bertz CT molecular complexity index is 922. The quantitative estimate of drug-likeness (QED) is 0.518. The molecule has 0 aliphatic carbocycles. The molecule has 156 valence electrons. The zero-order valence-electron chi connectivity index (χ0n) is 17.2. The molecule has 3 heterocycles. The molecule has 0 spiro atoms. The van der Waals surface area contributed by atoms with Gasteiger partial charge in [0.15, 0.2) is 0 Å². The number of aromatic nitrogens is 1. The van der Waals surface area contributed by atoms with Crippen molar-refractivity contribution in [2.75, 3.05) is 51.3 Å². The Balaban J connectivity index is 1.59. The van der Waals surface area contributed by atoms with Gasteiger partial charge in [0.2, 0.25) is 0 Å². The average Bonchev–Trinajstić information content (AvgIpc) is 3.05. The molecule has 1 fully saturated rings.